The van der Waals surface area contributed by atoms with Gasteiger partial charge in [-0.1, -0.05) is 48.5 Å². The summed E-state index contributed by atoms with van der Waals surface area (Å²) in [7, 11) is 0. The zero-order chi connectivity index (χ0) is 16.8. The maximum atomic E-state index is 9.60. The van der Waals surface area contributed by atoms with Crippen LogP contribution in [0.4, 0.5) is 5.82 Å². The van der Waals surface area contributed by atoms with Crippen LogP contribution in [0.2, 0.25) is 0 Å². The fraction of sp³-hybridized carbons (Fsp3) is 0.353. The summed E-state index contributed by atoms with van der Waals surface area (Å²) >= 11 is 1.42. The molecule has 120 valence electrons. The average Bonchev–Trinajstić information content (AvgIpc) is 2.59. The van der Waals surface area contributed by atoms with Gasteiger partial charge in [-0.3, -0.25) is 0 Å². The van der Waals surface area contributed by atoms with Crippen molar-refractivity contribution in [2.24, 2.45) is 0 Å². The van der Waals surface area contributed by atoms with E-state index in [-0.39, 0.29) is 12.6 Å². The zero-order valence-electron chi connectivity index (χ0n) is 13.5. The number of hydrogen-bond acceptors (Lipinski definition) is 6. The molecule has 0 amide bonds. The molecule has 23 heavy (non-hydrogen) atoms. The highest BCUT2D eigenvalue weighted by atomic mass is 32.2. The average molecular weight is 328 g/mol. The van der Waals surface area contributed by atoms with E-state index >= 15 is 0 Å². The Kier molecular flexibility index (Phi) is 5.97. The number of aliphatic hydroxyl groups excluding tert-OH is 1. The number of benzene rings is 1. The normalized spacial score (nSPS) is 11.8. The van der Waals surface area contributed by atoms with Crippen LogP contribution in [0.15, 0.2) is 29.4 Å². The van der Waals surface area contributed by atoms with Crippen molar-refractivity contribution in [3.63, 3.8) is 0 Å². The number of hydrogen-bond donors (Lipinski definition) is 2. The molecule has 0 saturated heterocycles. The summed E-state index contributed by atoms with van der Waals surface area (Å²) in [4.78, 5) is 8.92. The smallest absolute Gasteiger partial charge is 0.189 e. The van der Waals surface area contributed by atoms with Gasteiger partial charge in [0.1, 0.15) is 17.5 Å². The van der Waals surface area contributed by atoms with Crippen LogP contribution in [0.25, 0.3) is 11.3 Å². The lowest BCUT2D eigenvalue weighted by molar-refractivity contribution is 0.271. The first-order chi connectivity index (χ1) is 11.1. The number of aromatic nitrogens is 2. The third-order valence-electron chi connectivity index (χ3n) is 3.56. The van der Waals surface area contributed by atoms with Crippen molar-refractivity contribution in [1.29, 1.82) is 5.26 Å². The predicted molar refractivity (Wildman–Crippen MR) is 93.5 cm³/mol. The fourth-order valence-corrected chi connectivity index (χ4v) is 2.50. The molecule has 1 atom stereocenters. The van der Waals surface area contributed by atoms with E-state index in [1.807, 2.05) is 44.4 Å². The molecule has 5 nitrogen and oxygen atoms in total. The van der Waals surface area contributed by atoms with Crippen molar-refractivity contribution in [1.82, 2.24) is 9.97 Å². The Morgan fingerprint density at radius 3 is 2.52 bits per heavy atom. The van der Waals surface area contributed by atoms with Crippen LogP contribution in [0, 0.1) is 18.3 Å². The van der Waals surface area contributed by atoms with Crippen LogP contribution < -0.4 is 5.32 Å². The maximum Gasteiger partial charge on any atom is 0.189 e. The van der Waals surface area contributed by atoms with E-state index in [4.69, 9.17) is 0 Å². The van der Waals surface area contributed by atoms with Crippen molar-refractivity contribution >= 4 is 17.6 Å². The van der Waals surface area contributed by atoms with Crippen LogP contribution in [0.1, 0.15) is 24.5 Å². The maximum absolute atomic E-state index is 9.60. The number of aryl methyl sites for hydroxylation is 1. The van der Waals surface area contributed by atoms with Crippen LogP contribution in [0.3, 0.4) is 0 Å². The van der Waals surface area contributed by atoms with E-state index < -0.39 is 0 Å². The summed E-state index contributed by atoms with van der Waals surface area (Å²) in [6, 6.07) is 9.96. The van der Waals surface area contributed by atoms with E-state index in [0.29, 0.717) is 22.2 Å². The lowest BCUT2D eigenvalue weighted by atomic mass is 10.1. The SMILES string of the molecule is CCC(CO)Nc1nc(SC)nc(-c2ccc(C)cc2)c1C#N. The molecule has 1 aromatic heterocycles. The first-order valence-electron chi connectivity index (χ1n) is 7.43. The monoisotopic (exact) mass is 328 g/mol. The molecule has 0 spiro atoms. The third kappa shape index (κ3) is 4.01. The minimum absolute atomic E-state index is 0.0140. The van der Waals surface area contributed by atoms with E-state index in [1.165, 1.54) is 11.8 Å². The molecular formula is C17H20N4OS. The molecule has 0 fully saturated rings. The second-order valence-corrected chi connectivity index (χ2v) is 5.97. The van der Waals surface area contributed by atoms with Gasteiger partial charge in [0.05, 0.1) is 18.3 Å². The van der Waals surface area contributed by atoms with Crippen molar-refractivity contribution in [2.75, 3.05) is 18.2 Å². The van der Waals surface area contributed by atoms with Gasteiger partial charge in [-0.2, -0.15) is 5.26 Å². The first kappa shape index (κ1) is 17.3. The van der Waals surface area contributed by atoms with E-state index in [0.717, 1.165) is 17.5 Å². The minimum atomic E-state index is -0.141. The van der Waals surface area contributed by atoms with Crippen LogP contribution in [0.5, 0.6) is 0 Å². The van der Waals surface area contributed by atoms with Crippen LogP contribution in [-0.2, 0) is 0 Å². The molecule has 2 aromatic rings. The summed E-state index contributed by atoms with van der Waals surface area (Å²) in [6.45, 7) is 3.97. The van der Waals surface area contributed by atoms with Gasteiger partial charge >= 0.3 is 0 Å². The van der Waals surface area contributed by atoms with Crippen molar-refractivity contribution in [2.45, 2.75) is 31.5 Å². The number of thioether (sulfide) groups is 1. The largest absolute Gasteiger partial charge is 0.394 e. The minimum Gasteiger partial charge on any atom is -0.394 e. The Morgan fingerprint density at radius 2 is 2.00 bits per heavy atom. The quantitative estimate of drug-likeness (QED) is 0.626. The Hall–Kier alpha value is -2.10. The number of aliphatic hydroxyl groups is 1. The Balaban J connectivity index is 2.57. The molecule has 2 rings (SSSR count). The molecule has 2 N–H and O–H groups in total. The second kappa shape index (κ2) is 7.95. The third-order valence-corrected chi connectivity index (χ3v) is 4.11. The molecule has 0 bridgehead atoms. The Morgan fingerprint density at radius 1 is 1.30 bits per heavy atom. The fourth-order valence-electron chi connectivity index (χ4n) is 2.13. The van der Waals surface area contributed by atoms with Crippen molar-refractivity contribution in [3.05, 3.63) is 35.4 Å². The van der Waals surface area contributed by atoms with Gasteiger partial charge in [-0.15, -0.1) is 0 Å². The highest BCUT2D eigenvalue weighted by Gasteiger charge is 2.17. The highest BCUT2D eigenvalue weighted by molar-refractivity contribution is 7.98. The molecule has 1 aromatic carbocycles. The number of nitrogens with zero attached hydrogens (tertiary/aromatic N) is 3. The van der Waals surface area contributed by atoms with Crippen LogP contribution in [-0.4, -0.2) is 34.0 Å². The standard InChI is InChI=1S/C17H20N4OS/c1-4-13(10-22)19-16-14(9-18)15(20-17(21-16)23-3)12-7-5-11(2)6-8-12/h5-8,13,22H,4,10H2,1-3H3,(H,19,20,21). The summed E-state index contributed by atoms with van der Waals surface area (Å²) in [5.74, 6) is 0.475. The van der Waals surface area contributed by atoms with Gasteiger partial charge in [0.25, 0.3) is 0 Å². The molecule has 1 unspecified atom stereocenters. The lowest BCUT2D eigenvalue weighted by Gasteiger charge is -2.17. The van der Waals surface area contributed by atoms with Crippen molar-refractivity contribution < 1.29 is 5.11 Å². The summed E-state index contributed by atoms with van der Waals surface area (Å²) < 4.78 is 0. The van der Waals surface area contributed by atoms with Crippen LogP contribution >= 0.6 is 11.8 Å². The highest BCUT2D eigenvalue weighted by Crippen LogP contribution is 2.29. The zero-order valence-corrected chi connectivity index (χ0v) is 14.3. The van der Waals surface area contributed by atoms with Gasteiger partial charge in [-0.25, -0.2) is 9.97 Å². The topological polar surface area (TPSA) is 81.8 Å². The molecular weight excluding hydrogens is 308 g/mol. The Bertz CT molecular complexity index is 706. The molecule has 0 saturated carbocycles. The molecule has 6 heteroatoms. The molecule has 0 aliphatic rings. The molecule has 0 aliphatic carbocycles. The van der Waals surface area contributed by atoms with Gasteiger partial charge in [0.2, 0.25) is 0 Å². The van der Waals surface area contributed by atoms with Crippen molar-refractivity contribution in [3.8, 4) is 17.3 Å². The molecule has 0 aliphatic heterocycles. The van der Waals surface area contributed by atoms with Gasteiger partial charge < -0.3 is 10.4 Å². The second-order valence-electron chi connectivity index (χ2n) is 5.19. The van der Waals surface area contributed by atoms with E-state index in [9.17, 15) is 10.4 Å². The van der Waals surface area contributed by atoms with Gasteiger partial charge in [-0.05, 0) is 19.6 Å². The van der Waals surface area contributed by atoms with E-state index in [2.05, 4.69) is 21.4 Å². The van der Waals surface area contributed by atoms with Gasteiger partial charge in [0, 0.05) is 5.56 Å². The summed E-state index contributed by atoms with van der Waals surface area (Å²) in [5, 5.41) is 22.7. The lowest BCUT2D eigenvalue weighted by Crippen LogP contribution is -2.24. The number of nitriles is 1. The first-order valence-corrected chi connectivity index (χ1v) is 8.66. The molecule has 0 radical (unpaired) electrons. The van der Waals surface area contributed by atoms with Gasteiger partial charge in [0.15, 0.2) is 5.16 Å². The Labute approximate surface area is 140 Å². The summed E-state index contributed by atoms with van der Waals surface area (Å²) in [6.07, 6.45) is 2.63. The predicted octanol–water partition coefficient (Wildman–Crippen LogP) is 3.23. The number of nitrogens with one attached hydrogen (secondary N) is 1. The number of anilines is 1. The van der Waals surface area contributed by atoms with E-state index in [1.54, 1.807) is 0 Å². The molecule has 1 heterocycles. The number of rotatable bonds is 6. The summed E-state index contributed by atoms with van der Waals surface area (Å²) in [5.41, 5.74) is 3.04.